The average molecular weight is 508 g/mol. The third kappa shape index (κ3) is 9.43. The molecule has 1 heterocycles. The molecule has 0 fully saturated rings. The Morgan fingerprint density at radius 1 is 1.20 bits per heavy atom. The van der Waals surface area contributed by atoms with E-state index >= 15 is 0 Å². The predicted octanol–water partition coefficient (Wildman–Crippen LogP) is 1.61. The Hall–Kier alpha value is -2.75. The zero-order chi connectivity index (χ0) is 26.9. The van der Waals surface area contributed by atoms with E-state index in [1.165, 1.54) is 26.2 Å². The summed E-state index contributed by atoms with van der Waals surface area (Å²) >= 11 is 0. The van der Waals surface area contributed by atoms with Crippen molar-refractivity contribution < 1.29 is 34.0 Å². The van der Waals surface area contributed by atoms with Gasteiger partial charge >= 0.3 is 5.95 Å². The number of rotatable bonds is 16. The lowest BCUT2D eigenvalue weighted by Crippen LogP contribution is -2.57. The normalized spacial score (nSPS) is 14.9. The van der Waals surface area contributed by atoms with Crippen LogP contribution in [0.15, 0.2) is 22.7 Å². The van der Waals surface area contributed by atoms with Gasteiger partial charge in [-0.1, -0.05) is 22.2 Å². The molecule has 35 heavy (non-hydrogen) atoms. The van der Waals surface area contributed by atoms with Crippen molar-refractivity contribution in [2.24, 2.45) is 10.3 Å². The minimum Gasteiger partial charge on any atom is -0.411 e. The summed E-state index contributed by atoms with van der Waals surface area (Å²) in [5, 5.41) is 51.0. The van der Waals surface area contributed by atoms with Gasteiger partial charge in [0.05, 0.1) is 49.6 Å². The van der Waals surface area contributed by atoms with Crippen LogP contribution in [0.1, 0.15) is 41.0 Å². The van der Waals surface area contributed by atoms with Gasteiger partial charge in [-0.15, -0.1) is 0 Å². The van der Waals surface area contributed by atoms with Gasteiger partial charge in [-0.05, 0) is 39.0 Å². The van der Waals surface area contributed by atoms with Gasteiger partial charge in [-0.3, -0.25) is 0 Å². The topological polar surface area (TPSA) is 180 Å². The number of nitrogens with one attached hydrogen (secondary N) is 2. The van der Waals surface area contributed by atoms with Crippen LogP contribution >= 0.6 is 0 Å². The highest BCUT2D eigenvalue weighted by Crippen LogP contribution is 2.17. The molecule has 0 aliphatic heterocycles. The molecule has 200 valence electrons. The molecule has 0 bridgehead atoms. The number of nitrogens with zero attached hydrogens (tertiary/aromatic N) is 5. The summed E-state index contributed by atoms with van der Waals surface area (Å²) in [7, 11) is 0. The number of imidazole rings is 1. The number of oxime groups is 2. The molecule has 0 saturated heterocycles. The molecule has 1 aromatic rings. The average Bonchev–Trinajstić information content (AvgIpc) is 3.23. The van der Waals surface area contributed by atoms with E-state index in [1.807, 2.05) is 0 Å². The Morgan fingerprint density at radius 2 is 1.74 bits per heavy atom. The number of ether oxygens (including phenoxy) is 1. The van der Waals surface area contributed by atoms with E-state index < -0.39 is 47.1 Å². The van der Waals surface area contributed by atoms with Crippen molar-refractivity contribution in [3.8, 4) is 0 Å². The standard InChI is InChI=1S/C20H35F2N7O6/c1-6-15(26-31)18(2,3)24-12-20(21,22)13-25-19(4,5)16(27-32)11-35-10-14(30)9-28-8-7-23-17(28)29(33)34/h7-8,14,24-25,30-32H,6,9-13H2,1-5H3/b26-15+,27-16-. The fourth-order valence-corrected chi connectivity index (χ4v) is 3.13. The Bertz CT molecular complexity index is 889. The Balaban J connectivity index is 2.59. The van der Waals surface area contributed by atoms with Crippen molar-refractivity contribution in [1.29, 1.82) is 0 Å². The summed E-state index contributed by atoms with van der Waals surface area (Å²) in [5.41, 5.74) is -1.80. The maximum Gasteiger partial charge on any atom is 0.434 e. The zero-order valence-corrected chi connectivity index (χ0v) is 20.5. The van der Waals surface area contributed by atoms with E-state index in [0.29, 0.717) is 12.1 Å². The number of alkyl halides is 2. The van der Waals surface area contributed by atoms with Gasteiger partial charge in [0.2, 0.25) is 0 Å². The molecule has 5 N–H and O–H groups in total. The molecule has 0 aliphatic rings. The number of hydrogen-bond acceptors (Lipinski definition) is 11. The largest absolute Gasteiger partial charge is 0.434 e. The first-order chi connectivity index (χ1) is 16.2. The third-order valence-corrected chi connectivity index (χ3v) is 5.41. The number of hydrogen-bond donors (Lipinski definition) is 5. The molecule has 13 nitrogen and oxygen atoms in total. The van der Waals surface area contributed by atoms with Crippen molar-refractivity contribution in [2.45, 2.75) is 70.7 Å². The number of aliphatic hydroxyl groups is 1. The SMILES string of the molecule is CC/C(=N\O)C(C)(C)NCC(F)(F)CNC(C)(C)/C(COCC(O)Cn1ccnc1[N+](=O)[O-])=N\O. The van der Waals surface area contributed by atoms with Crippen LogP contribution in [0.4, 0.5) is 14.7 Å². The summed E-state index contributed by atoms with van der Waals surface area (Å²) in [6.07, 6.45) is 1.82. The molecule has 1 aromatic heterocycles. The lowest BCUT2D eigenvalue weighted by Gasteiger charge is -2.32. The van der Waals surface area contributed by atoms with Crippen LogP contribution in [-0.2, 0) is 11.3 Å². The van der Waals surface area contributed by atoms with Crippen molar-refractivity contribution in [1.82, 2.24) is 20.2 Å². The smallest absolute Gasteiger partial charge is 0.411 e. The molecule has 1 rings (SSSR count). The zero-order valence-electron chi connectivity index (χ0n) is 20.5. The highest BCUT2D eigenvalue weighted by Gasteiger charge is 2.36. The monoisotopic (exact) mass is 507 g/mol. The highest BCUT2D eigenvalue weighted by molar-refractivity contribution is 5.93. The second kappa shape index (κ2) is 12.8. The lowest BCUT2D eigenvalue weighted by atomic mass is 9.95. The van der Waals surface area contributed by atoms with Crippen LogP contribution in [0.5, 0.6) is 0 Å². The van der Waals surface area contributed by atoms with Gasteiger partial charge in [0.15, 0.2) is 0 Å². The molecular formula is C20H35F2N7O6. The second-order valence-corrected chi connectivity index (χ2v) is 9.07. The lowest BCUT2D eigenvalue weighted by molar-refractivity contribution is -0.397. The molecule has 0 saturated carbocycles. The maximum atomic E-state index is 14.5. The molecule has 1 unspecified atom stereocenters. The summed E-state index contributed by atoms with van der Waals surface area (Å²) in [4.78, 5) is 13.8. The van der Waals surface area contributed by atoms with Crippen LogP contribution in [0.3, 0.4) is 0 Å². The first-order valence-electron chi connectivity index (χ1n) is 10.9. The molecule has 0 aliphatic carbocycles. The molecule has 15 heteroatoms. The summed E-state index contributed by atoms with van der Waals surface area (Å²) in [5.74, 6) is -3.62. The van der Waals surface area contributed by atoms with Gasteiger partial charge in [-0.2, -0.15) is 0 Å². The number of aromatic nitrogens is 2. The van der Waals surface area contributed by atoms with Crippen LogP contribution in [0, 0.1) is 10.1 Å². The summed E-state index contributed by atoms with van der Waals surface area (Å²) in [6.45, 7) is 5.91. The molecule has 0 radical (unpaired) electrons. The van der Waals surface area contributed by atoms with Gasteiger partial charge in [0.25, 0.3) is 5.92 Å². The summed E-state index contributed by atoms with van der Waals surface area (Å²) in [6, 6.07) is 0. The summed E-state index contributed by atoms with van der Waals surface area (Å²) < 4.78 is 35.5. The predicted molar refractivity (Wildman–Crippen MR) is 124 cm³/mol. The fraction of sp³-hybridized carbons (Fsp3) is 0.750. The molecule has 0 aromatic carbocycles. The van der Waals surface area contributed by atoms with Crippen LogP contribution in [0.25, 0.3) is 0 Å². The number of halogens is 2. The number of aliphatic hydroxyl groups excluding tert-OH is 1. The van der Waals surface area contributed by atoms with Gasteiger partial charge in [-0.25, -0.2) is 13.3 Å². The Morgan fingerprint density at radius 3 is 2.23 bits per heavy atom. The van der Waals surface area contributed by atoms with Crippen molar-refractivity contribution >= 4 is 17.4 Å². The Kier molecular flexibility index (Phi) is 11.1. The molecule has 1 atom stereocenters. The fourth-order valence-electron chi connectivity index (χ4n) is 3.13. The second-order valence-electron chi connectivity index (χ2n) is 9.07. The van der Waals surface area contributed by atoms with Gasteiger partial charge < -0.3 is 41.0 Å². The van der Waals surface area contributed by atoms with Crippen LogP contribution in [0.2, 0.25) is 0 Å². The first kappa shape index (κ1) is 30.3. The Labute approximate surface area is 202 Å². The van der Waals surface area contributed by atoms with E-state index in [4.69, 9.17) is 9.94 Å². The molecule has 0 amide bonds. The van der Waals surface area contributed by atoms with Crippen molar-refractivity contribution in [2.75, 3.05) is 26.3 Å². The third-order valence-electron chi connectivity index (χ3n) is 5.41. The minimum absolute atomic E-state index is 0.00286. The molecule has 0 spiro atoms. The number of nitro groups is 1. The maximum absolute atomic E-state index is 14.5. The van der Waals surface area contributed by atoms with Crippen molar-refractivity contribution in [3.63, 3.8) is 0 Å². The quantitative estimate of drug-likeness (QED) is 0.0961. The van der Waals surface area contributed by atoms with E-state index in [-0.39, 0.29) is 25.5 Å². The van der Waals surface area contributed by atoms with Crippen LogP contribution < -0.4 is 10.6 Å². The van der Waals surface area contributed by atoms with E-state index in [0.717, 1.165) is 4.57 Å². The van der Waals surface area contributed by atoms with E-state index in [9.17, 15) is 29.2 Å². The highest BCUT2D eigenvalue weighted by atomic mass is 19.3. The minimum atomic E-state index is -3.19. The van der Waals surface area contributed by atoms with Crippen LogP contribution in [-0.4, -0.2) is 90.8 Å². The van der Waals surface area contributed by atoms with Gasteiger partial charge in [0.1, 0.15) is 24.2 Å². The molecular weight excluding hydrogens is 472 g/mol. The van der Waals surface area contributed by atoms with E-state index in [1.54, 1.807) is 20.8 Å². The van der Waals surface area contributed by atoms with Gasteiger partial charge in [0, 0.05) is 0 Å². The van der Waals surface area contributed by atoms with E-state index in [2.05, 4.69) is 25.9 Å². The first-order valence-corrected chi connectivity index (χ1v) is 10.9. The van der Waals surface area contributed by atoms with Crippen molar-refractivity contribution in [3.05, 3.63) is 22.5 Å².